The molecule has 0 aromatic rings. The first-order chi connectivity index (χ1) is 10.5. The zero-order chi connectivity index (χ0) is 15.3. The molecule has 5 rings (SSSR count). The average Bonchev–Trinajstić information content (AvgIpc) is 2.76. The van der Waals surface area contributed by atoms with Crippen molar-refractivity contribution in [3.8, 4) is 0 Å². The fraction of sp³-hybridized carbons (Fsp3) is 0.882. The molecule has 1 N–H and O–H groups in total. The lowest BCUT2D eigenvalue weighted by Gasteiger charge is -2.56. The first-order valence-electron chi connectivity index (χ1n) is 8.71. The van der Waals surface area contributed by atoms with Crippen LogP contribution in [0.15, 0.2) is 0 Å². The largest absolute Gasteiger partial charge is 0.344 e. The first kappa shape index (κ1) is 14.9. The predicted octanol–water partition coefficient (Wildman–Crippen LogP) is 2.04. The molecule has 122 valence electrons. The summed E-state index contributed by atoms with van der Waals surface area (Å²) in [6.45, 7) is 0.756. The van der Waals surface area contributed by atoms with Crippen LogP contribution in [-0.2, 0) is 9.59 Å². The highest BCUT2D eigenvalue weighted by Crippen LogP contribution is 2.60. The van der Waals surface area contributed by atoms with Crippen molar-refractivity contribution in [2.24, 2.45) is 17.8 Å². The van der Waals surface area contributed by atoms with Gasteiger partial charge in [0.15, 0.2) is 0 Å². The fourth-order valence-corrected chi connectivity index (χ4v) is 7.20. The second kappa shape index (κ2) is 5.43. The summed E-state index contributed by atoms with van der Waals surface area (Å²) < 4.78 is 0.378. The van der Waals surface area contributed by atoms with Gasteiger partial charge >= 0.3 is 0 Å². The highest BCUT2D eigenvalue weighted by molar-refractivity contribution is 8.01. The number of carbonyl (C=O) groups excluding carboxylic acids is 2. The van der Waals surface area contributed by atoms with Crippen LogP contribution in [-0.4, -0.2) is 46.8 Å². The van der Waals surface area contributed by atoms with E-state index in [9.17, 15) is 9.59 Å². The van der Waals surface area contributed by atoms with E-state index in [1.54, 1.807) is 11.9 Å². The summed E-state index contributed by atoms with van der Waals surface area (Å²) in [6.07, 6.45) is 9.04. The molecule has 2 amide bonds. The normalized spacial score (nSPS) is 43.0. The smallest absolute Gasteiger partial charge is 0.244 e. The Morgan fingerprint density at radius 3 is 2.32 bits per heavy atom. The van der Waals surface area contributed by atoms with Gasteiger partial charge in [-0.3, -0.25) is 9.59 Å². The molecule has 1 heterocycles. The van der Waals surface area contributed by atoms with E-state index >= 15 is 0 Å². The highest BCUT2D eigenvalue weighted by Gasteiger charge is 2.51. The standard InChI is InChI=1S/C17H26N2O2S/c1-19-3-2-14(16(19)21)18-15(20)10-22-17-7-11-4-12(8-17)6-13(5-11)9-17/h11-14H,2-10H2,1H3,(H,18,20)/t11?,12?,13?,14-,17?/m0/s1. The second-order valence-electron chi connectivity index (χ2n) is 8.06. The molecule has 1 aliphatic heterocycles. The summed E-state index contributed by atoms with van der Waals surface area (Å²) in [5.74, 6) is 3.41. The number of likely N-dealkylation sites (N-methyl/N-ethyl adjacent to an activating group) is 1. The predicted molar refractivity (Wildman–Crippen MR) is 87.5 cm³/mol. The Balaban J connectivity index is 1.31. The van der Waals surface area contributed by atoms with E-state index in [4.69, 9.17) is 0 Å². The number of nitrogens with zero attached hydrogens (tertiary/aromatic N) is 1. The number of hydrogen-bond donors (Lipinski definition) is 1. The molecule has 0 aromatic heterocycles. The Kier molecular flexibility index (Phi) is 3.67. The van der Waals surface area contributed by atoms with Crippen molar-refractivity contribution in [1.82, 2.24) is 10.2 Å². The summed E-state index contributed by atoms with van der Waals surface area (Å²) >= 11 is 1.89. The Bertz CT molecular complexity index is 458. The minimum Gasteiger partial charge on any atom is -0.344 e. The molecule has 1 atom stereocenters. The van der Waals surface area contributed by atoms with Crippen LogP contribution in [0, 0.1) is 17.8 Å². The summed E-state index contributed by atoms with van der Waals surface area (Å²) in [5.41, 5.74) is 0. The summed E-state index contributed by atoms with van der Waals surface area (Å²) in [6, 6.07) is -0.283. The molecule has 0 aromatic carbocycles. The number of likely N-dealkylation sites (tertiary alicyclic amines) is 1. The molecule has 5 fully saturated rings. The van der Waals surface area contributed by atoms with Crippen molar-refractivity contribution in [1.29, 1.82) is 0 Å². The van der Waals surface area contributed by atoms with Gasteiger partial charge in [0.1, 0.15) is 6.04 Å². The zero-order valence-electron chi connectivity index (χ0n) is 13.3. The van der Waals surface area contributed by atoms with E-state index in [-0.39, 0.29) is 17.9 Å². The van der Waals surface area contributed by atoms with E-state index in [1.165, 1.54) is 38.5 Å². The first-order valence-corrected chi connectivity index (χ1v) is 9.70. The Morgan fingerprint density at radius 1 is 1.23 bits per heavy atom. The van der Waals surface area contributed by atoms with Crippen LogP contribution in [0.25, 0.3) is 0 Å². The number of amides is 2. The van der Waals surface area contributed by atoms with Crippen LogP contribution in [0.5, 0.6) is 0 Å². The van der Waals surface area contributed by atoms with E-state index in [0.29, 0.717) is 10.5 Å². The minimum absolute atomic E-state index is 0.0504. The lowest BCUT2D eigenvalue weighted by atomic mass is 9.56. The number of rotatable bonds is 4. The van der Waals surface area contributed by atoms with Crippen LogP contribution < -0.4 is 5.32 Å². The molecule has 22 heavy (non-hydrogen) atoms. The lowest BCUT2D eigenvalue weighted by Crippen LogP contribution is -2.49. The molecule has 4 nitrogen and oxygen atoms in total. The van der Waals surface area contributed by atoms with Crippen LogP contribution in [0.4, 0.5) is 0 Å². The third-order valence-corrected chi connectivity index (χ3v) is 7.77. The van der Waals surface area contributed by atoms with E-state index in [0.717, 1.165) is 30.7 Å². The van der Waals surface area contributed by atoms with Gasteiger partial charge in [-0.2, -0.15) is 0 Å². The minimum atomic E-state index is -0.283. The van der Waals surface area contributed by atoms with Crippen LogP contribution in [0.1, 0.15) is 44.9 Å². The van der Waals surface area contributed by atoms with Crippen molar-refractivity contribution >= 4 is 23.6 Å². The monoisotopic (exact) mass is 322 g/mol. The molecule has 5 heteroatoms. The van der Waals surface area contributed by atoms with Gasteiger partial charge in [-0.05, 0) is 62.7 Å². The highest BCUT2D eigenvalue weighted by atomic mass is 32.2. The van der Waals surface area contributed by atoms with Crippen molar-refractivity contribution in [3.05, 3.63) is 0 Å². The van der Waals surface area contributed by atoms with Gasteiger partial charge in [0, 0.05) is 18.3 Å². The fourth-order valence-electron chi connectivity index (χ4n) is 5.62. The number of hydrogen-bond acceptors (Lipinski definition) is 3. The van der Waals surface area contributed by atoms with E-state index < -0.39 is 0 Å². The van der Waals surface area contributed by atoms with Crippen LogP contribution in [0.2, 0.25) is 0 Å². The lowest BCUT2D eigenvalue weighted by molar-refractivity contribution is -0.131. The van der Waals surface area contributed by atoms with Crippen molar-refractivity contribution < 1.29 is 9.59 Å². The topological polar surface area (TPSA) is 49.4 Å². The van der Waals surface area contributed by atoms with Gasteiger partial charge in [0.2, 0.25) is 11.8 Å². The maximum absolute atomic E-state index is 12.2. The van der Waals surface area contributed by atoms with Crippen molar-refractivity contribution in [2.75, 3.05) is 19.3 Å². The average molecular weight is 322 g/mol. The quantitative estimate of drug-likeness (QED) is 0.862. The Labute approximate surface area is 136 Å². The van der Waals surface area contributed by atoms with Crippen molar-refractivity contribution in [3.63, 3.8) is 0 Å². The van der Waals surface area contributed by atoms with E-state index in [2.05, 4.69) is 5.32 Å². The van der Waals surface area contributed by atoms with Crippen LogP contribution >= 0.6 is 11.8 Å². The number of nitrogens with one attached hydrogen (secondary N) is 1. The molecule has 0 unspecified atom stereocenters. The van der Waals surface area contributed by atoms with Gasteiger partial charge in [0.05, 0.1) is 5.75 Å². The third-order valence-electron chi connectivity index (χ3n) is 6.25. The molecule has 5 aliphatic rings. The molecule has 1 saturated heterocycles. The molecule has 4 aliphatic carbocycles. The summed E-state index contributed by atoms with van der Waals surface area (Å²) in [5, 5.41) is 2.94. The molecular weight excluding hydrogens is 296 g/mol. The second-order valence-corrected chi connectivity index (χ2v) is 9.50. The maximum atomic E-state index is 12.2. The Hall–Kier alpha value is -0.710. The summed E-state index contributed by atoms with van der Waals surface area (Å²) in [7, 11) is 1.80. The van der Waals surface area contributed by atoms with Gasteiger partial charge in [-0.25, -0.2) is 0 Å². The molecule has 0 spiro atoms. The Morgan fingerprint density at radius 2 is 1.82 bits per heavy atom. The van der Waals surface area contributed by atoms with Crippen molar-refractivity contribution in [2.45, 2.75) is 55.7 Å². The molecule has 4 bridgehead atoms. The van der Waals surface area contributed by atoms with Gasteiger partial charge < -0.3 is 10.2 Å². The van der Waals surface area contributed by atoms with Gasteiger partial charge in [-0.15, -0.1) is 11.8 Å². The zero-order valence-corrected chi connectivity index (χ0v) is 14.2. The number of thioether (sulfide) groups is 1. The van der Waals surface area contributed by atoms with Gasteiger partial charge in [0.25, 0.3) is 0 Å². The molecule has 0 radical (unpaired) electrons. The maximum Gasteiger partial charge on any atom is 0.244 e. The summed E-state index contributed by atoms with van der Waals surface area (Å²) in [4.78, 5) is 25.8. The van der Waals surface area contributed by atoms with Gasteiger partial charge in [-0.1, -0.05) is 0 Å². The third kappa shape index (κ3) is 2.66. The number of carbonyl (C=O) groups is 2. The van der Waals surface area contributed by atoms with E-state index in [1.807, 2.05) is 11.8 Å². The molecule has 4 saturated carbocycles. The molecular formula is C17H26N2O2S. The SMILES string of the molecule is CN1CC[C@H](NC(=O)CSC23CC4CC(CC(C4)C2)C3)C1=O. The van der Waals surface area contributed by atoms with Crippen LogP contribution in [0.3, 0.4) is 0 Å².